The first-order valence-corrected chi connectivity index (χ1v) is 9.54. The van der Waals surface area contributed by atoms with E-state index < -0.39 is 4.92 Å². The van der Waals surface area contributed by atoms with E-state index in [2.05, 4.69) is 18.9 Å². The maximum atomic E-state index is 12.8. The highest BCUT2D eigenvalue weighted by atomic mass is 32.2. The number of nitro benzene ring substituents is 1. The number of carbonyl (C=O) groups excluding carboxylic acids is 1. The number of nitrogens with zero attached hydrogens (tertiary/aromatic N) is 3. The van der Waals surface area contributed by atoms with E-state index in [0.717, 1.165) is 30.8 Å². The van der Waals surface area contributed by atoms with Crippen LogP contribution < -0.4 is 0 Å². The largest absolute Gasteiger partial charge is 0.342 e. The molecule has 6 nitrogen and oxygen atoms in total. The maximum absolute atomic E-state index is 12.8. The van der Waals surface area contributed by atoms with Gasteiger partial charge in [-0.25, -0.2) is 0 Å². The molecule has 0 saturated carbocycles. The van der Waals surface area contributed by atoms with Crippen molar-refractivity contribution in [2.75, 3.05) is 27.2 Å². The SMILES string of the molecule is CC(Sc1ccc([N+](=O)[O-])cc1)C(=O)N(C)C(C)C1CCN(C)CC1. The van der Waals surface area contributed by atoms with Crippen LogP contribution in [-0.2, 0) is 4.79 Å². The molecule has 0 aliphatic carbocycles. The molecule has 25 heavy (non-hydrogen) atoms. The molecule has 1 aliphatic rings. The van der Waals surface area contributed by atoms with Crippen LogP contribution in [0.2, 0.25) is 0 Å². The van der Waals surface area contributed by atoms with Crippen molar-refractivity contribution in [3.8, 4) is 0 Å². The lowest BCUT2D eigenvalue weighted by Gasteiger charge is -2.37. The molecule has 1 amide bonds. The fourth-order valence-corrected chi connectivity index (χ4v) is 4.18. The van der Waals surface area contributed by atoms with Gasteiger partial charge in [0.2, 0.25) is 5.91 Å². The van der Waals surface area contributed by atoms with Crippen LogP contribution in [-0.4, -0.2) is 59.1 Å². The van der Waals surface area contributed by atoms with Gasteiger partial charge in [-0.3, -0.25) is 14.9 Å². The van der Waals surface area contributed by atoms with Crippen LogP contribution in [0.1, 0.15) is 26.7 Å². The van der Waals surface area contributed by atoms with Crippen molar-refractivity contribution in [2.24, 2.45) is 5.92 Å². The van der Waals surface area contributed by atoms with Gasteiger partial charge in [0.1, 0.15) is 0 Å². The lowest BCUT2D eigenvalue weighted by molar-refractivity contribution is -0.384. The molecule has 7 heteroatoms. The van der Waals surface area contributed by atoms with Gasteiger partial charge in [-0.2, -0.15) is 0 Å². The van der Waals surface area contributed by atoms with Gasteiger partial charge in [-0.05, 0) is 64.9 Å². The topological polar surface area (TPSA) is 66.7 Å². The monoisotopic (exact) mass is 365 g/mol. The van der Waals surface area contributed by atoms with Crippen molar-refractivity contribution < 1.29 is 9.72 Å². The smallest absolute Gasteiger partial charge is 0.269 e. The van der Waals surface area contributed by atoms with Gasteiger partial charge in [-0.15, -0.1) is 11.8 Å². The zero-order valence-corrected chi connectivity index (χ0v) is 16.2. The van der Waals surface area contributed by atoms with Gasteiger partial charge >= 0.3 is 0 Å². The molecule has 0 aromatic heterocycles. The normalized spacial score (nSPS) is 18.6. The van der Waals surface area contributed by atoms with Gasteiger partial charge in [-0.1, -0.05) is 0 Å². The highest BCUT2D eigenvalue weighted by Gasteiger charge is 2.29. The second-order valence-electron chi connectivity index (χ2n) is 6.84. The third-order valence-electron chi connectivity index (χ3n) is 5.11. The molecule has 0 spiro atoms. The number of non-ortho nitro benzene ring substituents is 1. The van der Waals surface area contributed by atoms with Crippen LogP contribution in [0.4, 0.5) is 5.69 Å². The molecule has 0 bridgehead atoms. The molecule has 1 saturated heterocycles. The molecule has 2 unspecified atom stereocenters. The lowest BCUT2D eigenvalue weighted by atomic mass is 9.89. The summed E-state index contributed by atoms with van der Waals surface area (Å²) in [7, 11) is 4.02. The van der Waals surface area contributed by atoms with Crippen molar-refractivity contribution in [2.45, 2.75) is 42.9 Å². The van der Waals surface area contributed by atoms with E-state index in [4.69, 9.17) is 0 Å². The average Bonchev–Trinajstić information content (AvgIpc) is 2.60. The minimum absolute atomic E-state index is 0.0661. The predicted molar refractivity (Wildman–Crippen MR) is 101 cm³/mol. The molecular weight excluding hydrogens is 338 g/mol. The minimum atomic E-state index is -0.417. The first-order valence-electron chi connectivity index (χ1n) is 8.66. The molecule has 2 rings (SSSR count). The molecular formula is C18H27N3O3S. The predicted octanol–water partition coefficient (Wildman–Crippen LogP) is 3.26. The van der Waals surface area contributed by atoms with Crippen molar-refractivity contribution >= 4 is 23.4 Å². The molecule has 0 radical (unpaired) electrons. The van der Waals surface area contributed by atoms with Crippen molar-refractivity contribution in [1.29, 1.82) is 0 Å². The van der Waals surface area contributed by atoms with Gasteiger partial charge < -0.3 is 9.80 Å². The first-order chi connectivity index (χ1) is 11.8. The van der Waals surface area contributed by atoms with E-state index in [9.17, 15) is 14.9 Å². The number of piperidine rings is 1. The van der Waals surface area contributed by atoms with Crippen LogP contribution in [0.3, 0.4) is 0 Å². The maximum Gasteiger partial charge on any atom is 0.269 e. The van der Waals surface area contributed by atoms with E-state index in [1.807, 2.05) is 18.9 Å². The van der Waals surface area contributed by atoms with E-state index in [1.54, 1.807) is 12.1 Å². The Balaban J connectivity index is 1.92. The average molecular weight is 365 g/mol. The second-order valence-corrected chi connectivity index (χ2v) is 8.26. The number of amides is 1. The Labute approximate surface area is 153 Å². The summed E-state index contributed by atoms with van der Waals surface area (Å²) in [6.07, 6.45) is 2.25. The van der Waals surface area contributed by atoms with Crippen molar-refractivity contribution in [3.05, 3.63) is 34.4 Å². The second kappa shape index (κ2) is 8.67. The van der Waals surface area contributed by atoms with E-state index in [-0.39, 0.29) is 22.9 Å². The Morgan fingerprint density at radius 3 is 2.36 bits per heavy atom. The van der Waals surface area contributed by atoms with Crippen LogP contribution in [0, 0.1) is 16.0 Å². The Morgan fingerprint density at radius 1 is 1.28 bits per heavy atom. The zero-order chi connectivity index (χ0) is 18.6. The van der Waals surface area contributed by atoms with Crippen LogP contribution in [0.5, 0.6) is 0 Å². The number of nitro groups is 1. The number of carbonyl (C=O) groups is 1. The summed E-state index contributed by atoms with van der Waals surface area (Å²) < 4.78 is 0. The number of rotatable bonds is 6. The van der Waals surface area contributed by atoms with Gasteiger partial charge in [0.15, 0.2) is 0 Å². The summed E-state index contributed by atoms with van der Waals surface area (Å²) in [5.74, 6) is 0.650. The summed E-state index contributed by atoms with van der Waals surface area (Å²) in [5.41, 5.74) is 0.0661. The molecule has 1 aromatic rings. The third kappa shape index (κ3) is 5.19. The minimum Gasteiger partial charge on any atom is -0.342 e. The molecule has 1 aromatic carbocycles. The first kappa shape index (κ1) is 19.7. The Kier molecular flexibility index (Phi) is 6.84. The Hall–Kier alpha value is -1.60. The van der Waals surface area contributed by atoms with E-state index >= 15 is 0 Å². The van der Waals surface area contributed by atoms with Crippen LogP contribution >= 0.6 is 11.8 Å². The van der Waals surface area contributed by atoms with Crippen LogP contribution in [0.15, 0.2) is 29.2 Å². The van der Waals surface area contributed by atoms with Gasteiger partial charge in [0.05, 0.1) is 10.2 Å². The van der Waals surface area contributed by atoms with E-state index in [0.29, 0.717) is 5.92 Å². The lowest BCUT2D eigenvalue weighted by Crippen LogP contribution is -2.46. The zero-order valence-electron chi connectivity index (χ0n) is 15.3. The standard InChI is InChI=1S/C18H27N3O3S/c1-13(15-9-11-19(3)12-10-15)20(4)18(22)14(2)25-17-7-5-16(6-8-17)21(23)24/h5-8,13-15H,9-12H2,1-4H3. The summed E-state index contributed by atoms with van der Waals surface area (Å²) in [6.45, 7) is 6.21. The number of hydrogen-bond acceptors (Lipinski definition) is 5. The van der Waals surface area contributed by atoms with E-state index in [1.165, 1.54) is 23.9 Å². The van der Waals surface area contributed by atoms with Gasteiger partial charge in [0.25, 0.3) is 5.69 Å². The third-order valence-corrected chi connectivity index (χ3v) is 6.21. The fraction of sp³-hybridized carbons (Fsp3) is 0.611. The molecule has 1 aliphatic heterocycles. The Morgan fingerprint density at radius 2 is 1.84 bits per heavy atom. The molecule has 138 valence electrons. The number of likely N-dealkylation sites (tertiary alicyclic amines) is 1. The van der Waals surface area contributed by atoms with Gasteiger partial charge in [0, 0.05) is 30.1 Å². The summed E-state index contributed by atoms with van der Waals surface area (Å²) in [5, 5.41) is 10.5. The molecule has 1 fully saturated rings. The Bertz CT molecular complexity index is 600. The highest BCUT2D eigenvalue weighted by Crippen LogP contribution is 2.28. The molecule has 0 N–H and O–H groups in total. The molecule has 2 atom stereocenters. The summed E-state index contributed by atoms with van der Waals surface area (Å²) in [6, 6.07) is 6.58. The number of benzene rings is 1. The highest BCUT2D eigenvalue weighted by molar-refractivity contribution is 8.00. The van der Waals surface area contributed by atoms with Crippen LogP contribution in [0.25, 0.3) is 0 Å². The fourth-order valence-electron chi connectivity index (χ4n) is 3.22. The quantitative estimate of drug-likeness (QED) is 0.440. The summed E-state index contributed by atoms with van der Waals surface area (Å²) >= 11 is 1.44. The molecule has 1 heterocycles. The van der Waals surface area contributed by atoms with Crippen molar-refractivity contribution in [3.63, 3.8) is 0 Å². The van der Waals surface area contributed by atoms with Crippen molar-refractivity contribution in [1.82, 2.24) is 9.80 Å². The number of hydrogen-bond donors (Lipinski definition) is 0. The summed E-state index contributed by atoms with van der Waals surface area (Å²) in [4.78, 5) is 28.1. The number of thioether (sulfide) groups is 1.